The van der Waals surface area contributed by atoms with Crippen molar-refractivity contribution in [2.45, 2.75) is 19.5 Å². The molecule has 1 atom stereocenters. The minimum atomic E-state index is 0.293. The number of methoxy groups -OCH3 is 1. The second-order valence-corrected chi connectivity index (χ2v) is 4.75. The number of benzene rings is 1. The topological polar surface area (TPSA) is 39.7 Å². The average Bonchev–Trinajstić information content (AvgIpc) is 2.37. The molecule has 100 valence electrons. The summed E-state index contributed by atoms with van der Waals surface area (Å²) in [6, 6.07) is 4.16. The summed E-state index contributed by atoms with van der Waals surface area (Å²) in [5, 5.41) is 3.95. The van der Waals surface area contributed by atoms with Gasteiger partial charge in [-0.25, -0.2) is 0 Å². The molecule has 0 bridgehead atoms. The van der Waals surface area contributed by atoms with Crippen LogP contribution in [0, 0.1) is 0 Å². The van der Waals surface area contributed by atoms with Crippen molar-refractivity contribution in [1.82, 2.24) is 5.32 Å². The molecule has 1 aliphatic heterocycles. The Kier molecular flexibility index (Phi) is 4.69. The second kappa shape index (κ2) is 6.27. The fourth-order valence-electron chi connectivity index (χ4n) is 1.87. The third-order valence-electron chi connectivity index (χ3n) is 2.73. The van der Waals surface area contributed by atoms with Crippen molar-refractivity contribution in [2.75, 3.05) is 26.9 Å². The summed E-state index contributed by atoms with van der Waals surface area (Å²) in [6.45, 7) is 4.60. The van der Waals surface area contributed by atoms with E-state index >= 15 is 0 Å². The van der Waals surface area contributed by atoms with Crippen LogP contribution in [0.3, 0.4) is 0 Å². The molecule has 1 aromatic rings. The maximum Gasteiger partial charge on any atom is 0.179 e. The molecule has 1 aliphatic rings. The lowest BCUT2D eigenvalue weighted by Crippen LogP contribution is -2.29. The highest BCUT2D eigenvalue weighted by Gasteiger charge is 2.16. The van der Waals surface area contributed by atoms with Gasteiger partial charge in [-0.2, -0.15) is 0 Å². The number of ether oxygens (including phenoxy) is 3. The van der Waals surface area contributed by atoms with Gasteiger partial charge in [0.1, 0.15) is 13.2 Å². The van der Waals surface area contributed by atoms with E-state index in [-0.39, 0.29) is 0 Å². The Morgan fingerprint density at radius 1 is 1.39 bits per heavy atom. The van der Waals surface area contributed by atoms with Crippen molar-refractivity contribution in [2.24, 2.45) is 0 Å². The van der Waals surface area contributed by atoms with E-state index in [1.165, 1.54) is 0 Å². The third kappa shape index (κ3) is 3.28. The van der Waals surface area contributed by atoms with E-state index in [0.29, 0.717) is 36.6 Å². The first kappa shape index (κ1) is 13.5. The normalized spacial score (nSPS) is 15.5. The van der Waals surface area contributed by atoms with Gasteiger partial charge < -0.3 is 19.5 Å². The highest BCUT2D eigenvalue weighted by Crippen LogP contribution is 2.38. The molecule has 1 N–H and O–H groups in total. The molecule has 5 heteroatoms. The number of fused-ring (bicyclic) bond motifs is 1. The van der Waals surface area contributed by atoms with Gasteiger partial charge in [0, 0.05) is 19.7 Å². The van der Waals surface area contributed by atoms with E-state index in [1.807, 2.05) is 12.1 Å². The summed E-state index contributed by atoms with van der Waals surface area (Å²) in [5.74, 6) is 1.38. The van der Waals surface area contributed by atoms with Crippen molar-refractivity contribution in [3.63, 3.8) is 0 Å². The van der Waals surface area contributed by atoms with Crippen LogP contribution in [0.2, 0.25) is 5.02 Å². The van der Waals surface area contributed by atoms with Crippen LogP contribution in [0.15, 0.2) is 12.1 Å². The van der Waals surface area contributed by atoms with Crippen LogP contribution < -0.4 is 14.8 Å². The first-order valence-electron chi connectivity index (χ1n) is 6.01. The number of nitrogens with one attached hydrogen (secondary N) is 1. The summed E-state index contributed by atoms with van der Waals surface area (Å²) >= 11 is 6.17. The van der Waals surface area contributed by atoms with Gasteiger partial charge >= 0.3 is 0 Å². The summed E-state index contributed by atoms with van der Waals surface area (Å²) in [5.41, 5.74) is 1.08. The molecular weight excluding hydrogens is 254 g/mol. The van der Waals surface area contributed by atoms with Crippen LogP contribution in [0.25, 0.3) is 0 Å². The summed E-state index contributed by atoms with van der Waals surface area (Å²) in [6.07, 6.45) is 0. The van der Waals surface area contributed by atoms with E-state index < -0.39 is 0 Å². The summed E-state index contributed by atoms with van der Waals surface area (Å²) in [4.78, 5) is 0. The molecule has 4 nitrogen and oxygen atoms in total. The minimum Gasteiger partial charge on any atom is -0.486 e. The Bertz CT molecular complexity index is 411. The molecule has 0 aromatic heterocycles. The van der Waals surface area contributed by atoms with E-state index in [9.17, 15) is 0 Å². The van der Waals surface area contributed by atoms with E-state index in [2.05, 4.69) is 12.2 Å². The van der Waals surface area contributed by atoms with Crippen molar-refractivity contribution < 1.29 is 14.2 Å². The Morgan fingerprint density at radius 3 is 2.94 bits per heavy atom. The van der Waals surface area contributed by atoms with Crippen LogP contribution in [-0.4, -0.2) is 33.0 Å². The van der Waals surface area contributed by atoms with Crippen molar-refractivity contribution in [3.8, 4) is 11.5 Å². The molecule has 0 saturated carbocycles. The molecule has 1 unspecified atom stereocenters. The molecule has 2 rings (SSSR count). The molecular formula is C13H18ClNO3. The lowest BCUT2D eigenvalue weighted by Gasteiger charge is -2.21. The van der Waals surface area contributed by atoms with Crippen LogP contribution in [0.1, 0.15) is 12.5 Å². The molecule has 0 aliphatic carbocycles. The van der Waals surface area contributed by atoms with Crippen molar-refractivity contribution >= 4 is 11.6 Å². The maximum absolute atomic E-state index is 6.17. The Morgan fingerprint density at radius 2 is 2.17 bits per heavy atom. The van der Waals surface area contributed by atoms with E-state index in [4.69, 9.17) is 25.8 Å². The molecule has 1 heterocycles. The predicted octanol–water partition coefficient (Wildman–Crippen LogP) is 2.24. The van der Waals surface area contributed by atoms with E-state index in [1.54, 1.807) is 7.11 Å². The van der Waals surface area contributed by atoms with Gasteiger partial charge in [0.05, 0.1) is 11.6 Å². The smallest absolute Gasteiger partial charge is 0.179 e. The third-order valence-corrected chi connectivity index (χ3v) is 3.01. The van der Waals surface area contributed by atoms with Gasteiger partial charge in [-0.1, -0.05) is 11.6 Å². The maximum atomic E-state index is 6.17. The second-order valence-electron chi connectivity index (χ2n) is 4.34. The Hall–Kier alpha value is -0.970. The lowest BCUT2D eigenvalue weighted by molar-refractivity contribution is 0.170. The van der Waals surface area contributed by atoms with Crippen LogP contribution >= 0.6 is 11.6 Å². The Balaban J connectivity index is 2.03. The van der Waals surface area contributed by atoms with Gasteiger partial charge in [-0.05, 0) is 24.6 Å². The zero-order valence-corrected chi connectivity index (χ0v) is 11.4. The largest absolute Gasteiger partial charge is 0.486 e. The fraction of sp³-hybridized carbons (Fsp3) is 0.538. The highest BCUT2D eigenvalue weighted by atomic mass is 35.5. The molecule has 1 aromatic carbocycles. The zero-order valence-electron chi connectivity index (χ0n) is 10.7. The van der Waals surface area contributed by atoms with Crippen molar-refractivity contribution in [1.29, 1.82) is 0 Å². The van der Waals surface area contributed by atoms with Crippen LogP contribution in [0.5, 0.6) is 11.5 Å². The van der Waals surface area contributed by atoms with Crippen molar-refractivity contribution in [3.05, 3.63) is 22.7 Å². The molecule has 0 saturated heterocycles. The van der Waals surface area contributed by atoms with Gasteiger partial charge in [0.25, 0.3) is 0 Å². The SMILES string of the molecule is COCC(C)NCc1cc(Cl)c2c(c1)OCCO2. The minimum absolute atomic E-state index is 0.293. The van der Waals surface area contributed by atoms with Gasteiger partial charge in [-0.15, -0.1) is 0 Å². The quantitative estimate of drug-likeness (QED) is 0.892. The first-order valence-corrected chi connectivity index (χ1v) is 6.39. The average molecular weight is 272 g/mol. The standard InChI is InChI=1S/C13H18ClNO3/c1-9(8-16-2)15-7-10-5-11(14)13-12(6-10)17-3-4-18-13/h5-6,9,15H,3-4,7-8H2,1-2H3. The number of rotatable bonds is 5. The van der Waals surface area contributed by atoms with Gasteiger partial charge in [-0.3, -0.25) is 0 Å². The lowest BCUT2D eigenvalue weighted by atomic mass is 10.2. The molecule has 0 spiro atoms. The molecule has 0 fully saturated rings. The summed E-state index contributed by atoms with van der Waals surface area (Å²) < 4.78 is 16.1. The number of hydrogen-bond donors (Lipinski definition) is 1. The summed E-state index contributed by atoms with van der Waals surface area (Å²) in [7, 11) is 1.69. The van der Waals surface area contributed by atoms with Crippen LogP contribution in [0.4, 0.5) is 0 Å². The van der Waals surface area contributed by atoms with Gasteiger partial charge in [0.15, 0.2) is 11.5 Å². The first-order chi connectivity index (χ1) is 8.70. The molecule has 0 amide bonds. The zero-order chi connectivity index (χ0) is 13.0. The predicted molar refractivity (Wildman–Crippen MR) is 70.6 cm³/mol. The Labute approximate surface area is 112 Å². The number of hydrogen-bond acceptors (Lipinski definition) is 4. The van der Waals surface area contributed by atoms with Gasteiger partial charge in [0.2, 0.25) is 0 Å². The highest BCUT2D eigenvalue weighted by molar-refractivity contribution is 6.32. The fourth-order valence-corrected chi connectivity index (χ4v) is 2.16. The monoisotopic (exact) mass is 271 g/mol. The van der Waals surface area contributed by atoms with Crippen LogP contribution in [-0.2, 0) is 11.3 Å². The van der Waals surface area contributed by atoms with E-state index in [0.717, 1.165) is 17.9 Å². The molecule has 18 heavy (non-hydrogen) atoms. The molecule has 0 radical (unpaired) electrons. The number of halogens is 1.